The number of nitrogens with zero attached hydrogens (tertiary/aromatic N) is 4. The molecule has 182 valence electrons. The molecule has 1 amide bonds. The summed E-state index contributed by atoms with van der Waals surface area (Å²) in [6.45, 7) is 2.68. The lowest BCUT2D eigenvalue weighted by Gasteiger charge is -2.12. The van der Waals surface area contributed by atoms with Crippen LogP contribution in [0.5, 0.6) is 0 Å². The van der Waals surface area contributed by atoms with E-state index in [4.69, 9.17) is 4.74 Å². The molecule has 0 spiro atoms. The Labute approximate surface area is 208 Å². The molecule has 0 fully saturated rings. The zero-order chi connectivity index (χ0) is 25.4. The highest BCUT2D eigenvalue weighted by molar-refractivity contribution is 6.09. The zero-order valence-electron chi connectivity index (χ0n) is 20.7. The summed E-state index contributed by atoms with van der Waals surface area (Å²) < 4.78 is 7.18. The third kappa shape index (κ3) is 4.11. The smallest absolute Gasteiger partial charge is 0.338 e. The molecule has 0 aliphatic heterocycles. The minimum Gasteiger partial charge on any atom is -0.465 e. The van der Waals surface area contributed by atoms with Crippen LogP contribution < -0.4 is 0 Å². The molecule has 0 radical (unpaired) electrons. The highest BCUT2D eigenvalue weighted by Crippen LogP contribution is 2.30. The molecule has 0 saturated heterocycles. The van der Waals surface area contributed by atoms with Crippen molar-refractivity contribution in [3.8, 4) is 0 Å². The van der Waals surface area contributed by atoms with Gasteiger partial charge in [0.15, 0.2) is 0 Å². The number of imidazole rings is 1. The highest BCUT2D eigenvalue weighted by Gasteiger charge is 2.23. The van der Waals surface area contributed by atoms with Gasteiger partial charge in [0.25, 0.3) is 5.91 Å². The fourth-order valence-corrected chi connectivity index (χ4v) is 4.63. The number of esters is 1. The molecule has 0 saturated carbocycles. The Balaban J connectivity index is 1.51. The number of rotatable bonds is 6. The van der Waals surface area contributed by atoms with E-state index in [2.05, 4.69) is 43.8 Å². The van der Waals surface area contributed by atoms with Gasteiger partial charge in [-0.3, -0.25) is 9.78 Å². The van der Waals surface area contributed by atoms with Gasteiger partial charge in [-0.25, -0.2) is 9.78 Å². The predicted octanol–water partition coefficient (Wildman–Crippen LogP) is 4.35. The van der Waals surface area contributed by atoms with Crippen molar-refractivity contribution in [1.82, 2.24) is 24.4 Å². The van der Waals surface area contributed by atoms with Gasteiger partial charge in [-0.1, -0.05) is 30.3 Å². The van der Waals surface area contributed by atoms with Crippen LogP contribution in [0.15, 0.2) is 60.9 Å². The van der Waals surface area contributed by atoms with Gasteiger partial charge in [0.2, 0.25) is 0 Å². The van der Waals surface area contributed by atoms with Crippen LogP contribution in [-0.4, -0.2) is 57.5 Å². The molecular formula is C28H27N5O3. The number of methoxy groups -OCH3 is 1. The van der Waals surface area contributed by atoms with Gasteiger partial charge in [-0.05, 0) is 41.8 Å². The average Bonchev–Trinajstić information content (AvgIpc) is 3.41. The van der Waals surface area contributed by atoms with Crippen molar-refractivity contribution >= 4 is 33.8 Å². The highest BCUT2D eigenvalue weighted by atomic mass is 16.5. The van der Waals surface area contributed by atoms with Crippen LogP contribution in [0.2, 0.25) is 0 Å². The van der Waals surface area contributed by atoms with Crippen LogP contribution in [0.25, 0.3) is 21.9 Å². The molecule has 0 atom stereocenters. The Hall–Kier alpha value is -4.46. The molecule has 0 aliphatic carbocycles. The van der Waals surface area contributed by atoms with E-state index < -0.39 is 5.97 Å². The van der Waals surface area contributed by atoms with Gasteiger partial charge in [-0.2, -0.15) is 0 Å². The van der Waals surface area contributed by atoms with Gasteiger partial charge >= 0.3 is 5.97 Å². The van der Waals surface area contributed by atoms with Crippen LogP contribution in [0.4, 0.5) is 0 Å². The van der Waals surface area contributed by atoms with Crippen molar-refractivity contribution in [3.05, 3.63) is 94.7 Å². The Morgan fingerprint density at radius 2 is 1.81 bits per heavy atom. The molecule has 0 aliphatic rings. The normalized spacial score (nSPS) is 11.2. The maximum atomic E-state index is 13.0. The molecule has 0 unspecified atom stereocenters. The quantitative estimate of drug-likeness (QED) is 0.364. The van der Waals surface area contributed by atoms with Gasteiger partial charge < -0.3 is 19.2 Å². The summed E-state index contributed by atoms with van der Waals surface area (Å²) >= 11 is 0. The Morgan fingerprint density at radius 3 is 2.53 bits per heavy atom. The largest absolute Gasteiger partial charge is 0.465 e. The van der Waals surface area contributed by atoms with Crippen LogP contribution >= 0.6 is 0 Å². The Bertz CT molecular complexity index is 1600. The lowest BCUT2D eigenvalue weighted by atomic mass is 9.97. The van der Waals surface area contributed by atoms with Crippen LogP contribution in [0.1, 0.15) is 43.4 Å². The summed E-state index contributed by atoms with van der Waals surface area (Å²) in [7, 11) is 4.79. The standard InChI is InChI=1S/C28H27N5O3/c1-17-30-23-15-29-13-12-24(23)33(17)16-19-10-8-18(9-11-19)14-21-25-20(28(35)36-4)6-5-7-22(25)31-26(21)27(34)32(2)3/h5-13,15,31H,14,16H2,1-4H3. The number of H-pyrrole nitrogens is 1. The topological polar surface area (TPSA) is 93.1 Å². The molecule has 3 aromatic heterocycles. The zero-order valence-corrected chi connectivity index (χ0v) is 20.7. The molecule has 36 heavy (non-hydrogen) atoms. The third-order valence-corrected chi connectivity index (χ3v) is 6.44. The van der Waals surface area contributed by atoms with Gasteiger partial charge in [-0.15, -0.1) is 0 Å². The summed E-state index contributed by atoms with van der Waals surface area (Å²) in [5, 5.41) is 0.716. The van der Waals surface area contributed by atoms with E-state index in [1.54, 1.807) is 38.6 Å². The summed E-state index contributed by atoms with van der Waals surface area (Å²) in [6, 6.07) is 15.7. The number of aromatic nitrogens is 4. The monoisotopic (exact) mass is 481 g/mol. The van der Waals surface area contributed by atoms with E-state index in [-0.39, 0.29) is 5.91 Å². The number of aryl methyl sites for hydroxylation is 1. The maximum absolute atomic E-state index is 13.0. The number of amides is 1. The second-order valence-corrected chi connectivity index (χ2v) is 9.00. The number of ether oxygens (including phenoxy) is 1. The number of nitrogens with one attached hydrogen (secondary N) is 1. The summed E-state index contributed by atoms with van der Waals surface area (Å²) in [5.41, 5.74) is 6.52. The second-order valence-electron chi connectivity index (χ2n) is 9.00. The molecule has 8 heteroatoms. The van der Waals surface area contributed by atoms with Crippen LogP contribution in [-0.2, 0) is 17.7 Å². The molecule has 0 bridgehead atoms. The van der Waals surface area contributed by atoms with Crippen LogP contribution in [0.3, 0.4) is 0 Å². The fourth-order valence-electron chi connectivity index (χ4n) is 4.63. The summed E-state index contributed by atoms with van der Waals surface area (Å²) in [4.78, 5) is 39.1. The van der Waals surface area contributed by atoms with E-state index in [9.17, 15) is 9.59 Å². The van der Waals surface area contributed by atoms with E-state index in [0.29, 0.717) is 29.6 Å². The first-order chi connectivity index (χ1) is 17.4. The first-order valence-corrected chi connectivity index (χ1v) is 11.7. The number of carbonyl (C=O) groups excluding carboxylic acids is 2. The van der Waals surface area contributed by atoms with E-state index in [1.165, 1.54) is 12.0 Å². The average molecular weight is 482 g/mol. The van der Waals surface area contributed by atoms with E-state index >= 15 is 0 Å². The van der Waals surface area contributed by atoms with Crippen molar-refractivity contribution in [2.24, 2.45) is 0 Å². The maximum Gasteiger partial charge on any atom is 0.338 e. The molecule has 5 rings (SSSR count). The van der Waals surface area contributed by atoms with Crippen molar-refractivity contribution in [1.29, 1.82) is 0 Å². The Kier molecular flexibility index (Phi) is 6.01. The second kappa shape index (κ2) is 9.30. The van der Waals surface area contributed by atoms with Crippen LogP contribution in [0, 0.1) is 6.92 Å². The number of hydrogen-bond acceptors (Lipinski definition) is 5. The van der Waals surface area contributed by atoms with E-state index in [0.717, 1.165) is 39.1 Å². The first-order valence-electron chi connectivity index (χ1n) is 11.7. The first kappa shape index (κ1) is 23.3. The SMILES string of the molecule is COC(=O)c1cccc2[nH]c(C(=O)N(C)C)c(Cc3ccc(Cn4c(C)nc5cnccc54)cc3)c12. The van der Waals surface area contributed by atoms with Gasteiger partial charge in [0, 0.05) is 44.2 Å². The minimum atomic E-state index is -0.432. The predicted molar refractivity (Wildman–Crippen MR) is 138 cm³/mol. The van der Waals surface area contributed by atoms with E-state index in [1.807, 2.05) is 19.1 Å². The number of aromatic amines is 1. The lowest BCUT2D eigenvalue weighted by Crippen LogP contribution is -2.23. The van der Waals surface area contributed by atoms with Crippen molar-refractivity contribution in [2.75, 3.05) is 21.2 Å². The lowest BCUT2D eigenvalue weighted by molar-refractivity contribution is 0.0602. The molecule has 5 aromatic rings. The molecule has 8 nitrogen and oxygen atoms in total. The summed E-state index contributed by atoms with van der Waals surface area (Å²) in [5.74, 6) is 0.354. The number of benzene rings is 2. The number of carbonyl (C=O) groups is 2. The molecule has 1 N–H and O–H groups in total. The number of hydrogen-bond donors (Lipinski definition) is 1. The van der Waals surface area contributed by atoms with Crippen molar-refractivity contribution in [2.45, 2.75) is 19.9 Å². The van der Waals surface area contributed by atoms with Gasteiger partial charge in [0.1, 0.15) is 17.0 Å². The number of pyridine rings is 1. The summed E-state index contributed by atoms with van der Waals surface area (Å²) in [6.07, 6.45) is 4.04. The molecule has 2 aromatic carbocycles. The Morgan fingerprint density at radius 1 is 1.06 bits per heavy atom. The van der Waals surface area contributed by atoms with Gasteiger partial charge in [0.05, 0.1) is 24.4 Å². The third-order valence-electron chi connectivity index (χ3n) is 6.44. The minimum absolute atomic E-state index is 0.148. The molecular weight excluding hydrogens is 454 g/mol. The van der Waals surface area contributed by atoms with Crippen molar-refractivity contribution < 1.29 is 14.3 Å². The fraction of sp³-hybridized carbons (Fsp3) is 0.214. The molecule has 3 heterocycles. The number of fused-ring (bicyclic) bond motifs is 2. The van der Waals surface area contributed by atoms with Crippen molar-refractivity contribution in [3.63, 3.8) is 0 Å².